The highest BCUT2D eigenvalue weighted by atomic mass is 35.5. The van der Waals surface area contributed by atoms with Crippen molar-refractivity contribution >= 4 is 34.3 Å². The first-order chi connectivity index (χ1) is 14.7. The first kappa shape index (κ1) is 20.3. The number of fused-ring (bicyclic) bond motifs is 1. The molecule has 0 unspecified atom stereocenters. The molecule has 5 nitrogen and oxygen atoms in total. The van der Waals surface area contributed by atoms with E-state index in [9.17, 15) is 4.79 Å². The van der Waals surface area contributed by atoms with Crippen LogP contribution in [0.1, 0.15) is 0 Å². The quantitative estimate of drug-likeness (QED) is 0.225. The fraction of sp³-hybridized carbons (Fsp3) is 0.130. The van der Waals surface area contributed by atoms with Crippen molar-refractivity contribution in [3.05, 3.63) is 88.2 Å². The summed E-state index contributed by atoms with van der Waals surface area (Å²) in [5, 5.41) is 1.58. The summed E-state index contributed by atoms with van der Waals surface area (Å²) < 4.78 is 12.8. The van der Waals surface area contributed by atoms with Crippen LogP contribution in [-0.2, 0) is 0 Å². The predicted molar refractivity (Wildman–Crippen MR) is 122 cm³/mol. The van der Waals surface area contributed by atoms with E-state index in [-0.39, 0.29) is 5.56 Å². The van der Waals surface area contributed by atoms with E-state index in [0.29, 0.717) is 44.9 Å². The van der Waals surface area contributed by atoms with Gasteiger partial charge < -0.3 is 9.47 Å². The van der Waals surface area contributed by atoms with Gasteiger partial charge in [0.15, 0.2) is 5.16 Å². The van der Waals surface area contributed by atoms with Crippen molar-refractivity contribution in [2.45, 2.75) is 5.16 Å². The van der Waals surface area contributed by atoms with E-state index < -0.39 is 0 Å². The number of para-hydroxylation sites is 3. The Labute approximate surface area is 183 Å². The number of halogens is 1. The number of hydrogen-bond acceptors (Lipinski definition) is 5. The molecule has 0 amide bonds. The van der Waals surface area contributed by atoms with Crippen molar-refractivity contribution in [2.75, 3.05) is 19.5 Å². The summed E-state index contributed by atoms with van der Waals surface area (Å²) in [6, 6.07) is 22.1. The zero-order chi connectivity index (χ0) is 20.9. The van der Waals surface area contributed by atoms with Gasteiger partial charge in [-0.05, 0) is 42.5 Å². The van der Waals surface area contributed by atoms with Gasteiger partial charge in [0.1, 0.15) is 11.5 Å². The van der Waals surface area contributed by atoms with E-state index >= 15 is 0 Å². The van der Waals surface area contributed by atoms with E-state index in [1.807, 2.05) is 54.6 Å². The minimum absolute atomic E-state index is 0.173. The smallest absolute Gasteiger partial charge is 0.266 e. The topological polar surface area (TPSA) is 53.4 Å². The molecular weight excluding hydrogens is 420 g/mol. The average Bonchev–Trinajstić information content (AvgIpc) is 2.77. The molecule has 0 saturated heterocycles. The molecule has 0 aliphatic carbocycles. The maximum absolute atomic E-state index is 13.4. The molecule has 0 radical (unpaired) electrons. The standard InChI is InChI=1S/C23H19ClN2O3S/c1-28-21-10-6-5-9-20(21)26-22(27)18-12-11-16(24)15-19(18)25-23(26)30-14-13-29-17-7-3-2-4-8-17/h2-12,15H,13-14H2,1H3. The number of benzene rings is 3. The van der Waals surface area contributed by atoms with Gasteiger partial charge in [-0.15, -0.1) is 0 Å². The van der Waals surface area contributed by atoms with E-state index in [1.165, 1.54) is 11.8 Å². The number of hydrogen-bond donors (Lipinski definition) is 0. The highest BCUT2D eigenvalue weighted by Crippen LogP contribution is 2.27. The van der Waals surface area contributed by atoms with Crippen molar-refractivity contribution in [1.82, 2.24) is 9.55 Å². The Kier molecular flexibility index (Phi) is 6.26. The Balaban J connectivity index is 1.71. The molecule has 0 atom stereocenters. The maximum Gasteiger partial charge on any atom is 0.266 e. The lowest BCUT2D eigenvalue weighted by molar-refractivity contribution is 0.344. The zero-order valence-corrected chi connectivity index (χ0v) is 17.8. The molecule has 7 heteroatoms. The highest BCUT2D eigenvalue weighted by Gasteiger charge is 2.16. The van der Waals surface area contributed by atoms with Crippen molar-refractivity contribution < 1.29 is 9.47 Å². The zero-order valence-electron chi connectivity index (χ0n) is 16.2. The van der Waals surface area contributed by atoms with Gasteiger partial charge >= 0.3 is 0 Å². The summed E-state index contributed by atoms with van der Waals surface area (Å²) >= 11 is 7.57. The molecule has 30 heavy (non-hydrogen) atoms. The van der Waals surface area contributed by atoms with Gasteiger partial charge in [0.05, 0.1) is 30.3 Å². The fourth-order valence-electron chi connectivity index (χ4n) is 3.07. The highest BCUT2D eigenvalue weighted by molar-refractivity contribution is 7.99. The number of nitrogens with zero attached hydrogens (tertiary/aromatic N) is 2. The third-order valence-corrected chi connectivity index (χ3v) is 5.59. The number of methoxy groups -OCH3 is 1. The molecule has 4 aromatic rings. The second-order valence-electron chi connectivity index (χ2n) is 6.38. The van der Waals surface area contributed by atoms with E-state index in [0.717, 1.165) is 5.75 Å². The molecule has 152 valence electrons. The number of thioether (sulfide) groups is 1. The van der Waals surface area contributed by atoms with Gasteiger partial charge in [-0.1, -0.05) is 53.7 Å². The number of aromatic nitrogens is 2. The van der Waals surface area contributed by atoms with E-state index in [1.54, 1.807) is 29.9 Å². The van der Waals surface area contributed by atoms with Crippen LogP contribution in [0, 0.1) is 0 Å². The monoisotopic (exact) mass is 438 g/mol. The SMILES string of the molecule is COc1ccccc1-n1c(SCCOc2ccccc2)nc2cc(Cl)ccc2c1=O. The summed E-state index contributed by atoms with van der Waals surface area (Å²) in [7, 11) is 1.58. The molecule has 0 bridgehead atoms. The number of rotatable bonds is 7. The Morgan fingerprint density at radius 1 is 1.03 bits per heavy atom. The third kappa shape index (κ3) is 4.30. The van der Waals surface area contributed by atoms with Gasteiger partial charge in [-0.25, -0.2) is 4.98 Å². The molecule has 0 N–H and O–H groups in total. The van der Waals surface area contributed by atoms with Crippen LogP contribution in [0.15, 0.2) is 82.7 Å². The molecule has 0 aliphatic rings. The molecule has 1 heterocycles. The second-order valence-corrected chi connectivity index (χ2v) is 7.88. The van der Waals surface area contributed by atoms with Crippen LogP contribution < -0.4 is 15.0 Å². The Morgan fingerprint density at radius 2 is 1.80 bits per heavy atom. The summed E-state index contributed by atoms with van der Waals surface area (Å²) in [4.78, 5) is 18.1. The van der Waals surface area contributed by atoms with Gasteiger partial charge in [0.25, 0.3) is 5.56 Å². The van der Waals surface area contributed by atoms with E-state index in [2.05, 4.69) is 0 Å². The Morgan fingerprint density at radius 3 is 2.60 bits per heavy atom. The largest absolute Gasteiger partial charge is 0.495 e. The maximum atomic E-state index is 13.4. The molecule has 1 aromatic heterocycles. The van der Waals surface area contributed by atoms with Gasteiger partial charge in [-0.2, -0.15) is 0 Å². The van der Waals surface area contributed by atoms with Gasteiger partial charge in [0, 0.05) is 10.8 Å². The molecule has 0 spiro atoms. The van der Waals surface area contributed by atoms with Crippen molar-refractivity contribution in [3.8, 4) is 17.2 Å². The Hall–Kier alpha value is -2.96. The first-order valence-corrected chi connectivity index (χ1v) is 10.7. The van der Waals surface area contributed by atoms with Crippen LogP contribution in [0.4, 0.5) is 0 Å². The van der Waals surface area contributed by atoms with Crippen molar-refractivity contribution in [3.63, 3.8) is 0 Å². The molecule has 0 saturated carbocycles. The Bertz CT molecular complexity index is 1230. The van der Waals surface area contributed by atoms with E-state index in [4.69, 9.17) is 26.1 Å². The minimum atomic E-state index is -0.173. The summed E-state index contributed by atoms with van der Waals surface area (Å²) in [6.45, 7) is 0.476. The average molecular weight is 439 g/mol. The normalized spacial score (nSPS) is 10.9. The van der Waals surface area contributed by atoms with Gasteiger partial charge in [0.2, 0.25) is 0 Å². The molecular formula is C23H19ClN2O3S. The lowest BCUT2D eigenvalue weighted by Crippen LogP contribution is -2.22. The van der Waals surface area contributed by atoms with Crippen LogP contribution in [0.3, 0.4) is 0 Å². The predicted octanol–water partition coefficient (Wildman–Crippen LogP) is 5.22. The minimum Gasteiger partial charge on any atom is -0.495 e. The summed E-state index contributed by atoms with van der Waals surface area (Å²) in [5.74, 6) is 2.01. The lowest BCUT2D eigenvalue weighted by atomic mass is 10.2. The van der Waals surface area contributed by atoms with Crippen LogP contribution >= 0.6 is 23.4 Å². The molecule has 4 rings (SSSR count). The van der Waals surface area contributed by atoms with Crippen LogP contribution in [0.2, 0.25) is 5.02 Å². The molecule has 3 aromatic carbocycles. The second kappa shape index (κ2) is 9.24. The van der Waals surface area contributed by atoms with Crippen LogP contribution in [-0.4, -0.2) is 29.0 Å². The van der Waals surface area contributed by atoms with Crippen molar-refractivity contribution in [1.29, 1.82) is 0 Å². The lowest BCUT2D eigenvalue weighted by Gasteiger charge is -2.16. The summed E-state index contributed by atoms with van der Waals surface area (Å²) in [6.07, 6.45) is 0. The third-order valence-electron chi connectivity index (χ3n) is 4.45. The van der Waals surface area contributed by atoms with Gasteiger partial charge in [-0.3, -0.25) is 9.36 Å². The first-order valence-electron chi connectivity index (χ1n) is 9.34. The summed E-state index contributed by atoms with van der Waals surface area (Å²) in [5.41, 5.74) is 1.03. The van der Waals surface area contributed by atoms with Crippen LogP contribution in [0.5, 0.6) is 11.5 Å². The molecule has 0 aliphatic heterocycles. The number of ether oxygens (including phenoxy) is 2. The fourth-order valence-corrected chi connectivity index (χ4v) is 4.06. The van der Waals surface area contributed by atoms with Crippen molar-refractivity contribution in [2.24, 2.45) is 0 Å². The molecule has 0 fully saturated rings. The van der Waals surface area contributed by atoms with Crippen LogP contribution in [0.25, 0.3) is 16.6 Å².